The van der Waals surface area contributed by atoms with E-state index < -0.39 is 47.1 Å². The van der Waals surface area contributed by atoms with Gasteiger partial charge in [-0.25, -0.2) is 22.5 Å². The lowest BCUT2D eigenvalue weighted by atomic mass is 9.72. The summed E-state index contributed by atoms with van der Waals surface area (Å²) in [5.74, 6) is -3.71. The number of carbonyl (C=O) groups is 1. The first-order valence-electron chi connectivity index (χ1n) is 9.92. The van der Waals surface area contributed by atoms with Gasteiger partial charge in [0.15, 0.2) is 23.1 Å². The normalized spacial score (nSPS) is 27.0. The zero-order valence-corrected chi connectivity index (χ0v) is 17.2. The van der Waals surface area contributed by atoms with Crippen molar-refractivity contribution in [2.24, 2.45) is 16.6 Å². The van der Waals surface area contributed by atoms with Gasteiger partial charge in [0.25, 0.3) is 0 Å². The van der Waals surface area contributed by atoms with Crippen molar-refractivity contribution in [2.45, 2.75) is 24.0 Å². The van der Waals surface area contributed by atoms with E-state index in [9.17, 15) is 22.4 Å². The number of carbonyl (C=O) groups excluding carboxylic acids is 1. The van der Waals surface area contributed by atoms with Gasteiger partial charge in [0, 0.05) is 17.9 Å². The number of aromatic nitrogens is 1. The smallest absolute Gasteiger partial charge is 0.195 e. The fourth-order valence-electron chi connectivity index (χ4n) is 4.26. The van der Waals surface area contributed by atoms with Crippen molar-refractivity contribution in [3.8, 4) is 5.75 Å². The van der Waals surface area contributed by atoms with Gasteiger partial charge in [-0.3, -0.25) is 9.79 Å². The molecule has 2 aliphatic heterocycles. The summed E-state index contributed by atoms with van der Waals surface area (Å²) in [5.41, 5.74) is 1.82. The quantitative estimate of drug-likeness (QED) is 0.539. The van der Waals surface area contributed by atoms with Crippen LogP contribution in [0.1, 0.15) is 28.0 Å². The first-order chi connectivity index (χ1) is 15.2. The van der Waals surface area contributed by atoms with Crippen LogP contribution < -0.4 is 10.5 Å². The van der Waals surface area contributed by atoms with Crippen molar-refractivity contribution in [1.29, 1.82) is 0 Å². The van der Waals surface area contributed by atoms with E-state index in [0.29, 0.717) is 5.75 Å². The average molecular weight is 451 g/mol. The molecule has 1 fully saturated rings. The van der Waals surface area contributed by atoms with E-state index in [-0.39, 0.29) is 42.9 Å². The molecule has 0 aliphatic carbocycles. The predicted octanol–water partition coefficient (Wildman–Crippen LogP) is 3.07. The monoisotopic (exact) mass is 451 g/mol. The van der Waals surface area contributed by atoms with Gasteiger partial charge in [-0.1, -0.05) is 0 Å². The number of rotatable bonds is 6. The lowest BCUT2D eigenvalue weighted by Gasteiger charge is -2.40. The number of nitrogens with zero attached hydrogens (tertiary/aromatic N) is 2. The fourth-order valence-corrected chi connectivity index (χ4v) is 4.26. The summed E-state index contributed by atoms with van der Waals surface area (Å²) < 4.78 is 68.0. The Hall–Kier alpha value is -3.01. The molecular formula is C22H21F4N3O3. The van der Waals surface area contributed by atoms with Gasteiger partial charge in [-0.2, -0.15) is 0 Å². The van der Waals surface area contributed by atoms with Crippen LogP contribution in [0, 0.1) is 17.6 Å². The van der Waals surface area contributed by atoms with Crippen molar-refractivity contribution in [1.82, 2.24) is 4.98 Å². The summed E-state index contributed by atoms with van der Waals surface area (Å²) in [6.07, 6.45) is 0.734. The number of fused-ring (bicyclic) bond motifs is 1. The van der Waals surface area contributed by atoms with Crippen LogP contribution in [0.3, 0.4) is 0 Å². The molecule has 1 saturated heterocycles. The van der Waals surface area contributed by atoms with Crippen LogP contribution in [0.2, 0.25) is 0 Å². The number of pyridine rings is 1. The summed E-state index contributed by atoms with van der Waals surface area (Å²) in [6, 6.07) is 5.24. The number of methoxy groups -OCH3 is 1. The molecule has 0 unspecified atom stereocenters. The van der Waals surface area contributed by atoms with E-state index >= 15 is 0 Å². The number of nitrogens with two attached hydrogens (primary N) is 1. The maximum Gasteiger partial charge on any atom is 0.195 e. The van der Waals surface area contributed by atoms with Crippen LogP contribution in [0.4, 0.5) is 17.6 Å². The molecule has 0 bridgehead atoms. The molecule has 10 heteroatoms. The highest BCUT2D eigenvalue weighted by atomic mass is 19.2. The minimum atomic E-state index is -2.48. The van der Waals surface area contributed by atoms with Crippen molar-refractivity contribution >= 4 is 11.6 Å². The second-order valence-electron chi connectivity index (χ2n) is 8.06. The minimum Gasteiger partial charge on any atom is -0.495 e. The van der Waals surface area contributed by atoms with Crippen LogP contribution in [-0.2, 0) is 16.7 Å². The molecule has 2 aromatic rings. The molecular weight excluding hydrogens is 430 g/mol. The van der Waals surface area contributed by atoms with Crippen LogP contribution >= 0.6 is 0 Å². The van der Waals surface area contributed by atoms with Crippen molar-refractivity contribution in [2.75, 3.05) is 27.0 Å². The molecule has 2 aliphatic rings. The van der Waals surface area contributed by atoms with Crippen molar-refractivity contribution < 1.29 is 31.8 Å². The number of hydrogen-bond acceptors (Lipinski definition) is 6. The molecule has 1 aromatic heterocycles. The Labute approximate surface area is 181 Å². The first-order valence-corrected chi connectivity index (χ1v) is 9.92. The molecule has 3 atom stereocenters. The van der Waals surface area contributed by atoms with Crippen LogP contribution in [0.5, 0.6) is 5.75 Å². The number of Topliss-reactive ketones (excluding diaryl/α,β-unsaturated/α-hetero) is 1. The highest BCUT2D eigenvalue weighted by Crippen LogP contribution is 2.48. The Bertz CT molecular complexity index is 1080. The number of halogens is 4. The average Bonchev–Trinajstić information content (AvgIpc) is 3.19. The Morgan fingerprint density at radius 1 is 1.34 bits per heavy atom. The second-order valence-corrected chi connectivity index (χ2v) is 8.06. The van der Waals surface area contributed by atoms with E-state index in [1.54, 1.807) is 6.07 Å². The summed E-state index contributed by atoms with van der Waals surface area (Å²) in [5, 5.41) is 0. The topological polar surface area (TPSA) is 86.8 Å². The third kappa shape index (κ3) is 3.62. The number of amidine groups is 1. The summed E-state index contributed by atoms with van der Waals surface area (Å²) in [7, 11) is 1.46. The Kier molecular flexibility index (Phi) is 5.66. The van der Waals surface area contributed by atoms with Gasteiger partial charge in [-0.05, 0) is 36.2 Å². The zero-order valence-electron chi connectivity index (χ0n) is 17.2. The Morgan fingerprint density at radius 3 is 2.78 bits per heavy atom. The third-order valence-corrected chi connectivity index (χ3v) is 6.05. The van der Waals surface area contributed by atoms with E-state index in [1.807, 2.05) is 0 Å². The van der Waals surface area contributed by atoms with Gasteiger partial charge < -0.3 is 15.2 Å². The fraction of sp³-hybridized carbons (Fsp3) is 0.409. The van der Waals surface area contributed by atoms with Crippen molar-refractivity contribution in [3.63, 3.8) is 0 Å². The molecule has 0 radical (unpaired) electrons. The number of alkyl halides is 2. The SMILES string of the molecule is COc1ccc(C(=O)Cc2cc(F)c(F)c([C@]34COC[C@H]3C[C@](F)(CF)C(N)=N4)c2)nc1. The number of ketones is 1. The number of hydrogen-bond donors (Lipinski definition) is 1. The maximum atomic E-state index is 14.9. The van der Waals surface area contributed by atoms with E-state index in [2.05, 4.69) is 9.98 Å². The largest absolute Gasteiger partial charge is 0.495 e. The Balaban J connectivity index is 1.72. The van der Waals surface area contributed by atoms with E-state index in [4.69, 9.17) is 15.2 Å². The zero-order chi connectivity index (χ0) is 23.1. The van der Waals surface area contributed by atoms with Gasteiger partial charge in [0.05, 0.1) is 26.5 Å². The second kappa shape index (κ2) is 8.16. The lowest BCUT2D eigenvalue weighted by Crippen LogP contribution is -2.53. The molecule has 4 rings (SSSR count). The van der Waals surface area contributed by atoms with E-state index in [1.165, 1.54) is 25.4 Å². The highest BCUT2D eigenvalue weighted by molar-refractivity contribution is 5.95. The number of aliphatic imine (C=N–C) groups is 1. The standard InChI is InChI=1S/C22H21F4N3O3/c1-31-14-2-3-17(28-8-14)18(30)6-12-4-15(19(25)16(24)5-12)22-11-32-9-13(22)7-21(26,10-23)20(27)29-22/h2-5,8,13H,6-7,9-11H2,1H3,(H2,27,29)/t13-,21+,22+/m1/s1. The molecule has 0 spiro atoms. The predicted molar refractivity (Wildman–Crippen MR) is 107 cm³/mol. The summed E-state index contributed by atoms with van der Waals surface area (Å²) in [4.78, 5) is 20.7. The van der Waals surface area contributed by atoms with Gasteiger partial charge >= 0.3 is 0 Å². The molecule has 6 nitrogen and oxygen atoms in total. The molecule has 2 N–H and O–H groups in total. The number of benzene rings is 1. The molecule has 170 valence electrons. The Morgan fingerprint density at radius 2 is 2.12 bits per heavy atom. The molecule has 32 heavy (non-hydrogen) atoms. The van der Waals surface area contributed by atoms with Crippen LogP contribution in [0.15, 0.2) is 35.5 Å². The lowest BCUT2D eigenvalue weighted by molar-refractivity contribution is 0.0988. The van der Waals surface area contributed by atoms with Gasteiger partial charge in [0.1, 0.15) is 29.5 Å². The van der Waals surface area contributed by atoms with Crippen LogP contribution in [0.25, 0.3) is 0 Å². The minimum absolute atomic E-state index is 0.0115. The molecule has 0 amide bonds. The summed E-state index contributed by atoms with van der Waals surface area (Å²) >= 11 is 0. The van der Waals surface area contributed by atoms with E-state index in [0.717, 1.165) is 6.07 Å². The van der Waals surface area contributed by atoms with Gasteiger partial charge in [0.2, 0.25) is 0 Å². The number of ether oxygens (including phenoxy) is 2. The first kappa shape index (κ1) is 22.2. The highest BCUT2D eigenvalue weighted by Gasteiger charge is 2.56. The molecule has 0 saturated carbocycles. The third-order valence-electron chi connectivity index (χ3n) is 6.05. The van der Waals surface area contributed by atoms with Crippen LogP contribution in [-0.4, -0.2) is 49.3 Å². The van der Waals surface area contributed by atoms with Gasteiger partial charge in [-0.15, -0.1) is 0 Å². The molecule has 3 heterocycles. The summed E-state index contributed by atoms with van der Waals surface area (Å²) in [6.45, 7) is -1.56. The maximum absolute atomic E-state index is 14.9. The van der Waals surface area contributed by atoms with Crippen molar-refractivity contribution in [3.05, 3.63) is 58.9 Å². The molecule has 1 aromatic carbocycles.